The molecule has 1 rings (SSSR count). The molecule has 0 aromatic heterocycles. The third-order valence-electron chi connectivity index (χ3n) is 1.86. The first-order chi connectivity index (χ1) is 7.63. The highest BCUT2D eigenvalue weighted by atomic mass is 16.5. The molecule has 0 saturated heterocycles. The Morgan fingerprint density at radius 1 is 1.31 bits per heavy atom. The summed E-state index contributed by atoms with van der Waals surface area (Å²) in [6.07, 6.45) is 2.84. The Hall–Kier alpha value is -2.10. The zero-order chi connectivity index (χ0) is 12.0. The number of carbonyl (C=O) groups is 2. The second-order valence-corrected chi connectivity index (χ2v) is 3.08. The van der Waals surface area contributed by atoms with Gasteiger partial charge in [0.25, 0.3) is 0 Å². The quantitative estimate of drug-likeness (QED) is 0.614. The van der Waals surface area contributed by atoms with Crippen LogP contribution in [0.2, 0.25) is 0 Å². The Morgan fingerprint density at radius 2 is 1.94 bits per heavy atom. The van der Waals surface area contributed by atoms with Gasteiger partial charge in [-0.15, -0.1) is 0 Å². The molecular weight excluding hydrogens is 206 g/mol. The first-order valence-corrected chi connectivity index (χ1v) is 4.88. The summed E-state index contributed by atoms with van der Waals surface area (Å²) < 4.78 is 4.83. The maximum absolute atomic E-state index is 11.3. The fraction of sp³-hybridized carbons (Fsp3) is 0.167. The molecule has 1 amide bonds. The van der Waals surface area contributed by atoms with Gasteiger partial charge in [-0.25, -0.2) is 4.79 Å². The summed E-state index contributed by atoms with van der Waals surface area (Å²) in [6, 6.07) is 6.70. The van der Waals surface area contributed by atoms with Gasteiger partial charge in [0.15, 0.2) is 0 Å². The lowest BCUT2D eigenvalue weighted by molar-refractivity contribution is -0.113. The number of ether oxygens (including phenoxy) is 1. The van der Waals surface area contributed by atoms with Crippen LogP contribution in [-0.2, 0) is 9.53 Å². The zero-order valence-electron chi connectivity index (χ0n) is 8.97. The number of amides is 1. The van der Waals surface area contributed by atoms with E-state index in [-0.39, 0.29) is 5.97 Å². The average Bonchev–Trinajstić information content (AvgIpc) is 2.27. The van der Waals surface area contributed by atoms with Crippen LogP contribution in [0.4, 0.5) is 0 Å². The van der Waals surface area contributed by atoms with Gasteiger partial charge in [-0.05, 0) is 30.7 Å². The number of esters is 1. The van der Waals surface area contributed by atoms with Crippen LogP contribution in [0.3, 0.4) is 0 Å². The number of hydrogen-bond acceptors (Lipinski definition) is 3. The molecule has 0 unspecified atom stereocenters. The molecule has 0 aliphatic heterocycles. The molecule has 0 aliphatic carbocycles. The monoisotopic (exact) mass is 219 g/mol. The molecule has 1 aromatic rings. The van der Waals surface area contributed by atoms with Gasteiger partial charge in [0.05, 0.1) is 12.2 Å². The molecule has 0 radical (unpaired) electrons. The van der Waals surface area contributed by atoms with Crippen molar-refractivity contribution >= 4 is 18.0 Å². The topological polar surface area (TPSA) is 69.4 Å². The van der Waals surface area contributed by atoms with E-state index in [1.807, 2.05) is 0 Å². The van der Waals surface area contributed by atoms with Gasteiger partial charge in [-0.3, -0.25) is 4.79 Å². The van der Waals surface area contributed by atoms with Gasteiger partial charge in [-0.2, -0.15) is 0 Å². The number of nitrogens with two attached hydrogens (primary N) is 1. The second-order valence-electron chi connectivity index (χ2n) is 3.08. The standard InChI is InChI=1S/C12H13NO3/c1-2-16-12(15)10-6-3-9(4-7-10)5-8-11(13)14/h3-8H,2H2,1H3,(H2,13,14)/b8-5+. The van der Waals surface area contributed by atoms with Crippen molar-refractivity contribution < 1.29 is 14.3 Å². The molecule has 16 heavy (non-hydrogen) atoms. The van der Waals surface area contributed by atoms with Crippen LogP contribution >= 0.6 is 0 Å². The van der Waals surface area contributed by atoms with Gasteiger partial charge in [0.1, 0.15) is 0 Å². The third kappa shape index (κ3) is 3.57. The van der Waals surface area contributed by atoms with Crippen molar-refractivity contribution in [3.63, 3.8) is 0 Å². The Kier molecular flexibility index (Phi) is 4.27. The lowest BCUT2D eigenvalue weighted by atomic mass is 10.1. The fourth-order valence-electron chi connectivity index (χ4n) is 1.12. The predicted molar refractivity (Wildman–Crippen MR) is 60.6 cm³/mol. The van der Waals surface area contributed by atoms with Gasteiger partial charge in [-0.1, -0.05) is 12.1 Å². The summed E-state index contributed by atoms with van der Waals surface area (Å²) in [6.45, 7) is 2.10. The highest BCUT2D eigenvalue weighted by Crippen LogP contribution is 2.07. The van der Waals surface area contributed by atoms with Crippen molar-refractivity contribution in [2.45, 2.75) is 6.92 Å². The smallest absolute Gasteiger partial charge is 0.338 e. The predicted octanol–water partition coefficient (Wildman–Crippen LogP) is 1.36. The molecule has 1 aromatic carbocycles. The van der Waals surface area contributed by atoms with Gasteiger partial charge < -0.3 is 10.5 Å². The van der Waals surface area contributed by atoms with E-state index in [1.54, 1.807) is 37.3 Å². The molecule has 0 spiro atoms. The van der Waals surface area contributed by atoms with Crippen LogP contribution in [0.15, 0.2) is 30.3 Å². The highest BCUT2D eigenvalue weighted by molar-refractivity contribution is 5.91. The summed E-state index contributed by atoms with van der Waals surface area (Å²) in [5.74, 6) is -0.859. The number of benzene rings is 1. The second kappa shape index (κ2) is 5.70. The normalized spacial score (nSPS) is 10.3. The van der Waals surface area contributed by atoms with Crippen LogP contribution in [-0.4, -0.2) is 18.5 Å². The van der Waals surface area contributed by atoms with Crippen LogP contribution < -0.4 is 5.73 Å². The van der Waals surface area contributed by atoms with E-state index >= 15 is 0 Å². The highest BCUT2D eigenvalue weighted by Gasteiger charge is 2.04. The Balaban J connectivity index is 2.75. The van der Waals surface area contributed by atoms with Crippen molar-refractivity contribution in [1.82, 2.24) is 0 Å². The Morgan fingerprint density at radius 3 is 2.44 bits per heavy atom. The van der Waals surface area contributed by atoms with E-state index in [2.05, 4.69) is 0 Å². The molecule has 4 nitrogen and oxygen atoms in total. The van der Waals surface area contributed by atoms with Crippen LogP contribution in [0.25, 0.3) is 6.08 Å². The molecule has 0 heterocycles. The molecule has 0 fully saturated rings. The SMILES string of the molecule is CCOC(=O)c1ccc(/C=C/C(N)=O)cc1. The van der Waals surface area contributed by atoms with Crippen molar-refractivity contribution in [2.75, 3.05) is 6.61 Å². The largest absolute Gasteiger partial charge is 0.462 e. The molecule has 2 N–H and O–H groups in total. The summed E-state index contributed by atoms with van der Waals surface area (Å²) in [5, 5.41) is 0. The summed E-state index contributed by atoms with van der Waals surface area (Å²) in [4.78, 5) is 21.8. The van der Waals surface area contributed by atoms with E-state index in [4.69, 9.17) is 10.5 Å². The van der Waals surface area contributed by atoms with E-state index in [1.165, 1.54) is 6.08 Å². The fourth-order valence-corrected chi connectivity index (χ4v) is 1.12. The zero-order valence-corrected chi connectivity index (χ0v) is 8.97. The summed E-state index contributed by atoms with van der Waals surface area (Å²) >= 11 is 0. The van der Waals surface area contributed by atoms with E-state index in [0.29, 0.717) is 12.2 Å². The maximum atomic E-state index is 11.3. The molecular formula is C12H13NO3. The van der Waals surface area contributed by atoms with E-state index < -0.39 is 5.91 Å². The summed E-state index contributed by atoms with van der Waals surface area (Å²) in [7, 11) is 0. The van der Waals surface area contributed by atoms with Crippen molar-refractivity contribution in [3.05, 3.63) is 41.5 Å². The maximum Gasteiger partial charge on any atom is 0.338 e. The third-order valence-corrected chi connectivity index (χ3v) is 1.86. The van der Waals surface area contributed by atoms with E-state index in [0.717, 1.165) is 5.56 Å². The lowest BCUT2D eigenvalue weighted by Gasteiger charge is -2.01. The average molecular weight is 219 g/mol. The van der Waals surface area contributed by atoms with Crippen LogP contribution in [0, 0.1) is 0 Å². The molecule has 0 aliphatic rings. The van der Waals surface area contributed by atoms with E-state index in [9.17, 15) is 9.59 Å². The number of carbonyl (C=O) groups excluding carboxylic acids is 2. The number of primary amides is 1. The van der Waals surface area contributed by atoms with Crippen LogP contribution in [0.5, 0.6) is 0 Å². The van der Waals surface area contributed by atoms with Gasteiger partial charge >= 0.3 is 5.97 Å². The number of rotatable bonds is 4. The lowest BCUT2D eigenvalue weighted by Crippen LogP contribution is -2.05. The van der Waals surface area contributed by atoms with Crippen LogP contribution in [0.1, 0.15) is 22.8 Å². The molecule has 0 atom stereocenters. The first-order valence-electron chi connectivity index (χ1n) is 4.88. The summed E-state index contributed by atoms with van der Waals surface area (Å²) in [5.41, 5.74) is 6.24. The van der Waals surface area contributed by atoms with Gasteiger partial charge in [0, 0.05) is 6.08 Å². The van der Waals surface area contributed by atoms with Crippen molar-refractivity contribution in [2.24, 2.45) is 5.73 Å². The minimum atomic E-state index is -0.505. The molecule has 0 bridgehead atoms. The molecule has 4 heteroatoms. The Bertz CT molecular complexity index is 407. The first kappa shape index (κ1) is 12.0. The van der Waals surface area contributed by atoms with Crippen molar-refractivity contribution in [1.29, 1.82) is 0 Å². The number of hydrogen-bond donors (Lipinski definition) is 1. The van der Waals surface area contributed by atoms with Crippen molar-refractivity contribution in [3.8, 4) is 0 Å². The molecule has 84 valence electrons. The Labute approximate surface area is 93.7 Å². The van der Waals surface area contributed by atoms with Gasteiger partial charge in [0.2, 0.25) is 5.91 Å². The minimum Gasteiger partial charge on any atom is -0.462 e. The molecule has 0 saturated carbocycles. The minimum absolute atomic E-state index is 0.349.